The maximum atomic E-state index is 12.6. The summed E-state index contributed by atoms with van der Waals surface area (Å²) in [6.45, 7) is 7.79. The van der Waals surface area contributed by atoms with Crippen LogP contribution < -0.4 is 10.5 Å². The summed E-state index contributed by atoms with van der Waals surface area (Å²) in [6.07, 6.45) is 0.746. The van der Waals surface area contributed by atoms with Gasteiger partial charge in [0.25, 0.3) is 0 Å². The highest BCUT2D eigenvalue weighted by Crippen LogP contribution is 2.43. The summed E-state index contributed by atoms with van der Waals surface area (Å²) in [5.41, 5.74) is 7.84. The molecule has 1 aliphatic rings. The summed E-state index contributed by atoms with van der Waals surface area (Å²) in [6, 6.07) is 3.19. The number of aryl methyl sites for hydroxylation is 2. The van der Waals surface area contributed by atoms with Crippen molar-refractivity contribution in [1.29, 1.82) is 0 Å². The fourth-order valence-electron chi connectivity index (χ4n) is 2.78. The van der Waals surface area contributed by atoms with Crippen LogP contribution in [0.1, 0.15) is 31.4 Å². The Labute approximate surface area is 126 Å². The van der Waals surface area contributed by atoms with E-state index in [1.54, 1.807) is 19.2 Å². The highest BCUT2D eigenvalue weighted by atomic mass is 32.2. The minimum absolute atomic E-state index is 0.0716. The molecule has 0 aromatic heterocycles. The van der Waals surface area contributed by atoms with Crippen LogP contribution in [0.5, 0.6) is 0 Å². The van der Waals surface area contributed by atoms with E-state index in [-0.39, 0.29) is 28.1 Å². The topological polar surface area (TPSA) is 81.4 Å². The van der Waals surface area contributed by atoms with E-state index in [0.717, 1.165) is 11.1 Å². The van der Waals surface area contributed by atoms with Gasteiger partial charge in [0.15, 0.2) is 0 Å². The Morgan fingerprint density at radius 2 is 1.86 bits per heavy atom. The van der Waals surface area contributed by atoms with Gasteiger partial charge in [0.1, 0.15) is 4.90 Å². The van der Waals surface area contributed by atoms with Crippen LogP contribution in [0.15, 0.2) is 17.0 Å². The quantitative estimate of drug-likeness (QED) is 0.833. The van der Waals surface area contributed by atoms with Crippen LogP contribution in [0.2, 0.25) is 0 Å². The summed E-state index contributed by atoms with van der Waals surface area (Å²) in [7, 11) is -1.97. The number of hydrogen-bond acceptors (Lipinski definition) is 4. The molecule has 1 saturated carbocycles. The molecule has 0 amide bonds. The zero-order chi connectivity index (χ0) is 16.0. The molecule has 118 valence electrons. The lowest BCUT2D eigenvalue weighted by Crippen LogP contribution is -2.61. The van der Waals surface area contributed by atoms with Crippen molar-refractivity contribution in [1.82, 2.24) is 4.72 Å². The van der Waals surface area contributed by atoms with Gasteiger partial charge in [0.2, 0.25) is 10.0 Å². The number of hydrogen-bond donors (Lipinski definition) is 2. The van der Waals surface area contributed by atoms with Crippen molar-refractivity contribution in [3.8, 4) is 0 Å². The number of nitrogens with two attached hydrogens (primary N) is 1. The molecule has 0 heterocycles. The van der Waals surface area contributed by atoms with E-state index >= 15 is 0 Å². The van der Waals surface area contributed by atoms with Gasteiger partial charge in [-0.3, -0.25) is 0 Å². The third-order valence-electron chi connectivity index (χ3n) is 4.68. The third-order valence-corrected chi connectivity index (χ3v) is 6.20. The fourth-order valence-corrected chi connectivity index (χ4v) is 4.38. The van der Waals surface area contributed by atoms with Crippen molar-refractivity contribution in [3.05, 3.63) is 23.3 Å². The molecule has 0 saturated heterocycles. The van der Waals surface area contributed by atoms with E-state index < -0.39 is 10.0 Å². The molecular weight excluding hydrogens is 288 g/mol. The van der Waals surface area contributed by atoms with Gasteiger partial charge < -0.3 is 10.5 Å². The van der Waals surface area contributed by atoms with Gasteiger partial charge in [0, 0.05) is 18.6 Å². The number of benzene rings is 1. The molecular formula is C15H24N2O3S. The van der Waals surface area contributed by atoms with Gasteiger partial charge in [-0.1, -0.05) is 13.8 Å². The van der Waals surface area contributed by atoms with Gasteiger partial charge in [0.05, 0.1) is 11.8 Å². The molecule has 2 unspecified atom stereocenters. The molecule has 3 N–H and O–H groups in total. The number of nitrogens with one attached hydrogen (secondary N) is 1. The first-order valence-electron chi connectivity index (χ1n) is 7.01. The van der Waals surface area contributed by atoms with Crippen molar-refractivity contribution in [2.75, 3.05) is 12.8 Å². The number of rotatable bonds is 4. The lowest BCUT2D eigenvalue weighted by Gasteiger charge is -2.50. The molecule has 1 aromatic carbocycles. The van der Waals surface area contributed by atoms with Crippen LogP contribution in [0.4, 0.5) is 5.69 Å². The minimum Gasteiger partial charge on any atom is -0.398 e. The molecule has 2 rings (SSSR count). The second kappa shape index (κ2) is 5.26. The summed E-state index contributed by atoms with van der Waals surface area (Å²) in [5, 5.41) is 0. The summed E-state index contributed by atoms with van der Waals surface area (Å²) >= 11 is 0. The first kappa shape index (κ1) is 16.3. The molecule has 5 nitrogen and oxygen atoms in total. The van der Waals surface area contributed by atoms with Crippen molar-refractivity contribution in [3.63, 3.8) is 0 Å². The Kier molecular flexibility index (Phi) is 4.08. The van der Waals surface area contributed by atoms with Crippen LogP contribution in [0.3, 0.4) is 0 Å². The van der Waals surface area contributed by atoms with E-state index in [9.17, 15) is 8.42 Å². The van der Waals surface area contributed by atoms with Gasteiger partial charge in [-0.05, 0) is 43.5 Å². The average Bonchev–Trinajstić information content (AvgIpc) is 2.38. The lowest BCUT2D eigenvalue weighted by molar-refractivity contribution is -0.0908. The van der Waals surface area contributed by atoms with Crippen LogP contribution in [0, 0.1) is 19.3 Å². The van der Waals surface area contributed by atoms with E-state index in [1.165, 1.54) is 0 Å². The molecule has 6 heteroatoms. The van der Waals surface area contributed by atoms with Gasteiger partial charge >= 0.3 is 0 Å². The van der Waals surface area contributed by atoms with E-state index in [4.69, 9.17) is 10.5 Å². The van der Waals surface area contributed by atoms with Crippen LogP contribution in [-0.4, -0.2) is 27.7 Å². The Balaban J connectivity index is 2.27. The molecule has 0 spiro atoms. The Morgan fingerprint density at radius 3 is 2.38 bits per heavy atom. The van der Waals surface area contributed by atoms with Gasteiger partial charge in [-0.2, -0.15) is 0 Å². The molecule has 1 fully saturated rings. The number of anilines is 1. The van der Waals surface area contributed by atoms with E-state index in [2.05, 4.69) is 4.72 Å². The van der Waals surface area contributed by atoms with Crippen molar-refractivity contribution in [2.45, 2.75) is 51.2 Å². The highest BCUT2D eigenvalue weighted by Gasteiger charge is 2.50. The normalized spacial score (nSPS) is 24.6. The Hall–Kier alpha value is -1.11. The van der Waals surface area contributed by atoms with Crippen molar-refractivity contribution in [2.24, 2.45) is 5.41 Å². The zero-order valence-corrected chi connectivity index (χ0v) is 14.0. The summed E-state index contributed by atoms with van der Waals surface area (Å²) < 4.78 is 33.3. The number of nitrogen functional groups attached to an aromatic ring is 1. The van der Waals surface area contributed by atoms with Crippen molar-refractivity contribution >= 4 is 15.7 Å². The fraction of sp³-hybridized carbons (Fsp3) is 0.600. The third kappa shape index (κ3) is 2.80. The number of sulfonamides is 1. The van der Waals surface area contributed by atoms with Crippen LogP contribution >= 0.6 is 0 Å². The lowest BCUT2D eigenvalue weighted by atomic mass is 9.65. The number of methoxy groups -OCH3 is 1. The van der Waals surface area contributed by atoms with E-state index in [1.807, 2.05) is 27.7 Å². The second-order valence-electron chi connectivity index (χ2n) is 6.43. The summed E-state index contributed by atoms with van der Waals surface area (Å²) in [5.74, 6) is 0. The second-order valence-corrected chi connectivity index (χ2v) is 8.11. The Bertz CT molecular complexity index is 653. The predicted octanol–water partition coefficient (Wildman–Crippen LogP) is 1.98. The minimum atomic E-state index is -3.62. The maximum Gasteiger partial charge on any atom is 0.242 e. The molecule has 21 heavy (non-hydrogen) atoms. The predicted molar refractivity (Wildman–Crippen MR) is 83.6 cm³/mol. The molecule has 2 atom stereocenters. The molecule has 0 radical (unpaired) electrons. The van der Waals surface area contributed by atoms with Crippen LogP contribution in [0.25, 0.3) is 0 Å². The molecule has 1 aromatic rings. The number of ether oxygens (including phenoxy) is 1. The van der Waals surface area contributed by atoms with Gasteiger partial charge in [-0.15, -0.1) is 0 Å². The highest BCUT2D eigenvalue weighted by molar-refractivity contribution is 7.89. The monoisotopic (exact) mass is 312 g/mol. The smallest absolute Gasteiger partial charge is 0.242 e. The largest absolute Gasteiger partial charge is 0.398 e. The molecule has 0 aliphatic heterocycles. The SMILES string of the molecule is COC1CC(NS(=O)(=O)c2cc(C)c(C)cc2N)C1(C)C. The van der Waals surface area contributed by atoms with E-state index in [0.29, 0.717) is 6.42 Å². The first-order chi connectivity index (χ1) is 9.59. The molecule has 1 aliphatic carbocycles. The van der Waals surface area contributed by atoms with Crippen molar-refractivity contribution < 1.29 is 13.2 Å². The van der Waals surface area contributed by atoms with Crippen LogP contribution in [-0.2, 0) is 14.8 Å². The molecule has 0 bridgehead atoms. The first-order valence-corrected chi connectivity index (χ1v) is 8.49. The summed E-state index contributed by atoms with van der Waals surface area (Å²) in [4.78, 5) is 0.155. The van der Waals surface area contributed by atoms with Gasteiger partial charge in [-0.25, -0.2) is 13.1 Å². The average molecular weight is 312 g/mol. The zero-order valence-electron chi connectivity index (χ0n) is 13.2. The standard InChI is InChI=1S/C15H24N2O3S/c1-9-6-11(16)12(7-10(9)2)21(18,19)17-13-8-14(20-5)15(13,3)4/h6-7,13-14,17H,8,16H2,1-5H3. The maximum absolute atomic E-state index is 12.6. The Morgan fingerprint density at radius 1 is 1.29 bits per heavy atom.